The summed E-state index contributed by atoms with van der Waals surface area (Å²) in [6.45, 7) is 14.6. The average Bonchev–Trinajstić information content (AvgIpc) is 3.31. The summed E-state index contributed by atoms with van der Waals surface area (Å²) >= 11 is 0. The summed E-state index contributed by atoms with van der Waals surface area (Å²) in [5.74, 6) is 1.66. The van der Waals surface area contributed by atoms with Gasteiger partial charge in [-0.25, -0.2) is 0 Å². The topological polar surface area (TPSA) is 24.5 Å². The van der Waals surface area contributed by atoms with Gasteiger partial charge in [-0.15, -0.1) is 0 Å². The number of hydrogen-bond donors (Lipinski definition) is 1. The van der Waals surface area contributed by atoms with Gasteiger partial charge in [0.15, 0.2) is 0 Å². The van der Waals surface area contributed by atoms with Crippen LogP contribution in [0.25, 0.3) is 0 Å². The molecule has 1 saturated carbocycles. The Morgan fingerprint density at radius 1 is 1.29 bits per heavy atom. The minimum Gasteiger partial charge on any atom is -0.380 e. The largest absolute Gasteiger partial charge is 0.380 e. The van der Waals surface area contributed by atoms with Crippen LogP contribution in [0.2, 0.25) is 0 Å². The number of hydrogen-bond acceptors (Lipinski definition) is 3. The lowest BCUT2D eigenvalue weighted by atomic mass is 9.87. The van der Waals surface area contributed by atoms with Crippen molar-refractivity contribution in [1.82, 2.24) is 10.2 Å². The highest BCUT2D eigenvalue weighted by molar-refractivity contribution is 5.04. The Balaban J connectivity index is 1.86. The third kappa shape index (κ3) is 4.67. The van der Waals surface area contributed by atoms with E-state index in [1.54, 1.807) is 0 Å². The molecular weight excluding hydrogens is 260 g/mol. The zero-order valence-corrected chi connectivity index (χ0v) is 14.7. The van der Waals surface area contributed by atoms with E-state index in [4.69, 9.17) is 4.74 Å². The number of nitrogens with zero attached hydrogens (tertiary/aromatic N) is 1. The van der Waals surface area contributed by atoms with Gasteiger partial charge in [-0.2, -0.15) is 0 Å². The minimum absolute atomic E-state index is 0.341. The van der Waals surface area contributed by atoms with Gasteiger partial charge in [0.2, 0.25) is 0 Å². The summed E-state index contributed by atoms with van der Waals surface area (Å²) in [6, 6.07) is 0.677. The second-order valence-electron chi connectivity index (χ2n) is 7.46. The summed E-state index contributed by atoms with van der Waals surface area (Å²) < 4.78 is 5.82. The van der Waals surface area contributed by atoms with E-state index in [0.717, 1.165) is 38.1 Å². The van der Waals surface area contributed by atoms with Crippen molar-refractivity contribution in [3.8, 4) is 0 Å². The molecule has 3 heteroatoms. The van der Waals surface area contributed by atoms with Gasteiger partial charge in [0.1, 0.15) is 0 Å². The Hall–Kier alpha value is -0.120. The molecule has 0 aromatic heterocycles. The van der Waals surface area contributed by atoms with Crippen molar-refractivity contribution < 1.29 is 4.74 Å². The molecule has 0 spiro atoms. The van der Waals surface area contributed by atoms with E-state index in [2.05, 4.69) is 37.9 Å². The molecule has 1 aliphatic heterocycles. The first kappa shape index (κ1) is 17.2. The van der Waals surface area contributed by atoms with Crippen molar-refractivity contribution in [2.45, 2.75) is 71.4 Å². The summed E-state index contributed by atoms with van der Waals surface area (Å²) in [5, 5.41) is 3.88. The summed E-state index contributed by atoms with van der Waals surface area (Å²) in [4.78, 5) is 2.72. The van der Waals surface area contributed by atoms with Crippen LogP contribution in [-0.2, 0) is 4.74 Å². The smallest absolute Gasteiger partial charge is 0.0593 e. The predicted molar refractivity (Wildman–Crippen MR) is 89.7 cm³/mol. The van der Waals surface area contributed by atoms with Gasteiger partial charge in [-0.05, 0) is 38.0 Å². The lowest BCUT2D eigenvalue weighted by Crippen LogP contribution is -2.65. The van der Waals surface area contributed by atoms with E-state index in [9.17, 15) is 0 Å². The molecule has 2 aliphatic rings. The van der Waals surface area contributed by atoms with Gasteiger partial charge < -0.3 is 10.1 Å². The summed E-state index contributed by atoms with van der Waals surface area (Å²) in [7, 11) is 0. The maximum absolute atomic E-state index is 5.82. The highest BCUT2D eigenvalue weighted by Crippen LogP contribution is 2.41. The maximum atomic E-state index is 5.82. The van der Waals surface area contributed by atoms with E-state index >= 15 is 0 Å². The number of nitrogens with one attached hydrogen (secondary N) is 1. The van der Waals surface area contributed by atoms with Crippen molar-refractivity contribution >= 4 is 0 Å². The molecule has 1 saturated heterocycles. The van der Waals surface area contributed by atoms with Gasteiger partial charge in [-0.3, -0.25) is 4.90 Å². The molecule has 3 unspecified atom stereocenters. The minimum atomic E-state index is 0.341. The van der Waals surface area contributed by atoms with Crippen LogP contribution in [0, 0.1) is 11.8 Å². The van der Waals surface area contributed by atoms with Crippen molar-refractivity contribution in [3.05, 3.63) is 0 Å². The number of unbranched alkanes of at least 4 members (excludes halogenated alkanes) is 1. The highest BCUT2D eigenvalue weighted by Gasteiger charge is 2.46. The third-order valence-electron chi connectivity index (χ3n) is 5.66. The molecule has 1 heterocycles. The first-order valence-electron chi connectivity index (χ1n) is 9.17. The van der Waals surface area contributed by atoms with Crippen LogP contribution >= 0.6 is 0 Å². The van der Waals surface area contributed by atoms with Crippen LogP contribution in [0.4, 0.5) is 0 Å². The number of piperazine rings is 1. The Morgan fingerprint density at radius 3 is 2.67 bits per heavy atom. The first-order chi connectivity index (χ1) is 10.1. The van der Waals surface area contributed by atoms with Crippen LogP contribution in [0.1, 0.15) is 59.8 Å². The normalized spacial score (nSPS) is 32.3. The second-order valence-corrected chi connectivity index (χ2v) is 7.46. The van der Waals surface area contributed by atoms with E-state index in [1.807, 2.05) is 0 Å². The third-order valence-corrected chi connectivity index (χ3v) is 5.66. The Morgan fingerprint density at radius 2 is 2.05 bits per heavy atom. The fraction of sp³-hybridized carbons (Fsp3) is 1.00. The van der Waals surface area contributed by atoms with Crippen LogP contribution in [0.5, 0.6) is 0 Å². The summed E-state index contributed by atoms with van der Waals surface area (Å²) in [6.07, 6.45) is 6.51. The molecule has 0 bridgehead atoms. The number of rotatable bonds is 9. The average molecular weight is 296 g/mol. The molecule has 1 N–H and O–H groups in total. The van der Waals surface area contributed by atoms with Gasteiger partial charge in [0.05, 0.1) is 6.61 Å². The standard InChI is InChI=1S/C18H36N2O/c1-5-7-11-21-12-10-20-14-18(4,16-8-9-16)19-13-17(20)15(3)6-2/h15-17,19H,5-14H2,1-4H3. The zero-order chi connectivity index (χ0) is 15.3. The van der Waals surface area contributed by atoms with Gasteiger partial charge >= 0.3 is 0 Å². The molecule has 0 aromatic carbocycles. The van der Waals surface area contributed by atoms with E-state index < -0.39 is 0 Å². The van der Waals surface area contributed by atoms with Crippen LogP contribution in [-0.4, -0.2) is 49.3 Å². The van der Waals surface area contributed by atoms with Crippen LogP contribution in [0.3, 0.4) is 0 Å². The number of ether oxygens (including phenoxy) is 1. The van der Waals surface area contributed by atoms with Crippen molar-refractivity contribution in [2.24, 2.45) is 11.8 Å². The SMILES string of the molecule is CCCCOCCN1CC(C)(C2CC2)NCC1C(C)CC. The molecule has 124 valence electrons. The lowest BCUT2D eigenvalue weighted by molar-refractivity contribution is 0.0192. The quantitative estimate of drug-likeness (QED) is 0.661. The second kappa shape index (κ2) is 7.94. The van der Waals surface area contributed by atoms with Crippen molar-refractivity contribution in [3.63, 3.8) is 0 Å². The molecule has 2 rings (SSSR count). The van der Waals surface area contributed by atoms with E-state index in [-0.39, 0.29) is 0 Å². The molecular formula is C18H36N2O. The predicted octanol–water partition coefficient (Wildman–Crippen LogP) is 3.29. The van der Waals surface area contributed by atoms with Crippen molar-refractivity contribution in [2.75, 3.05) is 32.8 Å². The van der Waals surface area contributed by atoms with Crippen molar-refractivity contribution in [1.29, 1.82) is 0 Å². The van der Waals surface area contributed by atoms with E-state index in [0.29, 0.717) is 11.6 Å². The maximum Gasteiger partial charge on any atom is 0.0593 e. The zero-order valence-electron chi connectivity index (χ0n) is 14.7. The van der Waals surface area contributed by atoms with Crippen LogP contribution < -0.4 is 5.32 Å². The molecule has 3 nitrogen and oxygen atoms in total. The molecule has 0 aromatic rings. The van der Waals surface area contributed by atoms with Crippen LogP contribution in [0.15, 0.2) is 0 Å². The Bertz CT molecular complexity index is 306. The molecule has 1 aliphatic carbocycles. The summed E-state index contributed by atoms with van der Waals surface area (Å²) in [5.41, 5.74) is 0.341. The molecule has 21 heavy (non-hydrogen) atoms. The molecule has 0 amide bonds. The van der Waals surface area contributed by atoms with Gasteiger partial charge in [-0.1, -0.05) is 33.6 Å². The van der Waals surface area contributed by atoms with E-state index in [1.165, 1.54) is 38.6 Å². The monoisotopic (exact) mass is 296 g/mol. The van der Waals surface area contributed by atoms with Gasteiger partial charge in [0.25, 0.3) is 0 Å². The molecule has 2 fully saturated rings. The molecule has 0 radical (unpaired) electrons. The Kier molecular flexibility index (Phi) is 6.51. The lowest BCUT2D eigenvalue weighted by Gasteiger charge is -2.48. The fourth-order valence-electron chi connectivity index (χ4n) is 3.66. The first-order valence-corrected chi connectivity index (χ1v) is 9.17. The fourth-order valence-corrected chi connectivity index (χ4v) is 3.66. The van der Waals surface area contributed by atoms with Gasteiger partial charge in [0, 0.05) is 37.8 Å². The Labute approximate surface area is 131 Å². The molecule has 3 atom stereocenters. The highest BCUT2D eigenvalue weighted by atomic mass is 16.5.